The van der Waals surface area contributed by atoms with E-state index < -0.39 is 0 Å². The summed E-state index contributed by atoms with van der Waals surface area (Å²) in [4.78, 5) is 4.07. The van der Waals surface area contributed by atoms with Gasteiger partial charge in [0.25, 0.3) is 0 Å². The predicted molar refractivity (Wildman–Crippen MR) is 65.9 cm³/mol. The molecule has 0 aliphatic rings. The Labute approximate surface area is 105 Å². The highest BCUT2D eigenvalue weighted by atomic mass is 35.5. The lowest BCUT2D eigenvalue weighted by Crippen LogP contribution is -1.97. The van der Waals surface area contributed by atoms with Crippen LogP contribution in [0.15, 0.2) is 42.6 Å². The van der Waals surface area contributed by atoms with Gasteiger partial charge in [-0.1, -0.05) is 23.7 Å². The SMILES string of the molecule is OCc1ccc(OCc2cccc(Cl)c2)nc1. The smallest absolute Gasteiger partial charge is 0.213 e. The van der Waals surface area contributed by atoms with E-state index in [1.807, 2.05) is 24.3 Å². The van der Waals surface area contributed by atoms with Crippen LogP contribution in [0.2, 0.25) is 5.02 Å². The van der Waals surface area contributed by atoms with Crippen LogP contribution in [0.4, 0.5) is 0 Å². The number of hydrogen-bond donors (Lipinski definition) is 1. The fourth-order valence-electron chi connectivity index (χ4n) is 1.37. The molecule has 0 unspecified atom stereocenters. The molecule has 0 saturated carbocycles. The maximum atomic E-state index is 8.87. The summed E-state index contributed by atoms with van der Waals surface area (Å²) in [6, 6.07) is 11.0. The van der Waals surface area contributed by atoms with Crippen molar-refractivity contribution >= 4 is 11.6 Å². The number of aliphatic hydroxyl groups is 1. The van der Waals surface area contributed by atoms with Crippen molar-refractivity contribution in [2.24, 2.45) is 0 Å². The third-order valence-corrected chi connectivity index (χ3v) is 2.49. The topological polar surface area (TPSA) is 42.4 Å². The minimum atomic E-state index is -0.0123. The van der Waals surface area contributed by atoms with Crippen molar-refractivity contribution in [1.82, 2.24) is 4.98 Å². The number of aliphatic hydroxyl groups excluding tert-OH is 1. The third kappa shape index (κ3) is 3.44. The average molecular weight is 250 g/mol. The van der Waals surface area contributed by atoms with Crippen LogP contribution >= 0.6 is 11.6 Å². The van der Waals surface area contributed by atoms with E-state index in [1.54, 1.807) is 18.3 Å². The number of benzene rings is 1. The van der Waals surface area contributed by atoms with Crippen LogP contribution in [0.1, 0.15) is 11.1 Å². The highest BCUT2D eigenvalue weighted by Crippen LogP contribution is 2.14. The minimum Gasteiger partial charge on any atom is -0.473 e. The van der Waals surface area contributed by atoms with Crippen LogP contribution < -0.4 is 4.74 Å². The first-order chi connectivity index (χ1) is 8.28. The van der Waals surface area contributed by atoms with Gasteiger partial charge >= 0.3 is 0 Å². The molecule has 0 aliphatic heterocycles. The van der Waals surface area contributed by atoms with Gasteiger partial charge in [0.05, 0.1) is 6.61 Å². The highest BCUT2D eigenvalue weighted by molar-refractivity contribution is 6.30. The Balaban J connectivity index is 1.97. The summed E-state index contributed by atoms with van der Waals surface area (Å²) in [7, 11) is 0. The number of aromatic nitrogens is 1. The molecule has 2 rings (SSSR count). The molecule has 2 aromatic rings. The third-order valence-electron chi connectivity index (χ3n) is 2.26. The lowest BCUT2D eigenvalue weighted by molar-refractivity contribution is 0.278. The van der Waals surface area contributed by atoms with Crippen LogP contribution in [-0.4, -0.2) is 10.1 Å². The average Bonchev–Trinajstić information content (AvgIpc) is 2.37. The molecule has 0 atom stereocenters. The summed E-state index contributed by atoms with van der Waals surface area (Å²) in [6.45, 7) is 0.410. The molecule has 1 aromatic carbocycles. The van der Waals surface area contributed by atoms with Crippen molar-refractivity contribution < 1.29 is 9.84 Å². The number of pyridine rings is 1. The molecular weight excluding hydrogens is 238 g/mol. The summed E-state index contributed by atoms with van der Waals surface area (Å²) in [5.74, 6) is 0.530. The minimum absolute atomic E-state index is 0.0123. The molecule has 0 saturated heterocycles. The van der Waals surface area contributed by atoms with Crippen LogP contribution in [0.3, 0.4) is 0 Å². The molecular formula is C13H12ClNO2. The van der Waals surface area contributed by atoms with E-state index in [1.165, 1.54) is 0 Å². The molecule has 0 spiro atoms. The van der Waals surface area contributed by atoms with Crippen LogP contribution in [0, 0.1) is 0 Å². The van der Waals surface area contributed by atoms with E-state index in [0.717, 1.165) is 11.1 Å². The summed E-state index contributed by atoms with van der Waals surface area (Å²) in [5, 5.41) is 9.56. The summed E-state index contributed by atoms with van der Waals surface area (Å²) >= 11 is 5.87. The van der Waals surface area contributed by atoms with Gasteiger partial charge in [0.15, 0.2) is 0 Å². The van der Waals surface area contributed by atoms with E-state index >= 15 is 0 Å². The van der Waals surface area contributed by atoms with Gasteiger partial charge in [-0.3, -0.25) is 0 Å². The number of hydrogen-bond acceptors (Lipinski definition) is 3. The zero-order valence-electron chi connectivity index (χ0n) is 9.14. The van der Waals surface area contributed by atoms with Gasteiger partial charge in [0.2, 0.25) is 5.88 Å². The Hall–Kier alpha value is -1.58. The van der Waals surface area contributed by atoms with Crippen molar-refractivity contribution in [2.45, 2.75) is 13.2 Å². The molecule has 1 N–H and O–H groups in total. The normalized spacial score (nSPS) is 10.2. The van der Waals surface area contributed by atoms with Crippen LogP contribution in [0.5, 0.6) is 5.88 Å². The fraction of sp³-hybridized carbons (Fsp3) is 0.154. The van der Waals surface area contributed by atoms with Crippen LogP contribution in [0.25, 0.3) is 0 Å². The molecule has 88 valence electrons. The second-order valence-corrected chi connectivity index (χ2v) is 4.02. The number of halogens is 1. The second kappa shape index (κ2) is 5.66. The molecule has 0 bridgehead atoms. The first-order valence-corrected chi connectivity index (χ1v) is 5.59. The fourth-order valence-corrected chi connectivity index (χ4v) is 1.59. The number of rotatable bonds is 4. The van der Waals surface area contributed by atoms with Gasteiger partial charge in [-0.05, 0) is 29.3 Å². The van der Waals surface area contributed by atoms with E-state index in [2.05, 4.69) is 4.98 Å². The lowest BCUT2D eigenvalue weighted by Gasteiger charge is -2.05. The van der Waals surface area contributed by atoms with Gasteiger partial charge < -0.3 is 9.84 Å². The predicted octanol–water partition coefficient (Wildman–Crippen LogP) is 2.81. The molecule has 1 aromatic heterocycles. The van der Waals surface area contributed by atoms with Gasteiger partial charge in [-0.2, -0.15) is 0 Å². The first kappa shape index (κ1) is 11.9. The summed E-state index contributed by atoms with van der Waals surface area (Å²) in [6.07, 6.45) is 1.59. The van der Waals surface area contributed by atoms with Gasteiger partial charge in [-0.25, -0.2) is 4.98 Å². The highest BCUT2D eigenvalue weighted by Gasteiger charge is 1.98. The summed E-state index contributed by atoms with van der Waals surface area (Å²) < 4.78 is 5.50. The van der Waals surface area contributed by atoms with Crippen molar-refractivity contribution in [3.8, 4) is 5.88 Å². The van der Waals surface area contributed by atoms with Crippen molar-refractivity contribution in [2.75, 3.05) is 0 Å². The standard InChI is InChI=1S/C13H12ClNO2/c14-12-3-1-2-10(6-12)9-17-13-5-4-11(8-16)7-15-13/h1-7,16H,8-9H2. The van der Waals surface area contributed by atoms with E-state index in [4.69, 9.17) is 21.4 Å². The van der Waals surface area contributed by atoms with Crippen molar-refractivity contribution in [3.63, 3.8) is 0 Å². The Morgan fingerprint density at radius 2 is 2.06 bits per heavy atom. The Kier molecular flexibility index (Phi) is 3.96. The second-order valence-electron chi connectivity index (χ2n) is 3.58. The zero-order valence-corrected chi connectivity index (χ0v) is 9.89. The Morgan fingerprint density at radius 1 is 1.18 bits per heavy atom. The Bertz CT molecular complexity index is 485. The maximum absolute atomic E-state index is 8.87. The number of ether oxygens (including phenoxy) is 1. The van der Waals surface area contributed by atoms with Gasteiger partial charge in [-0.15, -0.1) is 0 Å². The van der Waals surface area contributed by atoms with Crippen molar-refractivity contribution in [1.29, 1.82) is 0 Å². The number of nitrogens with zero attached hydrogens (tertiary/aromatic N) is 1. The van der Waals surface area contributed by atoms with E-state index in [-0.39, 0.29) is 6.61 Å². The largest absolute Gasteiger partial charge is 0.473 e. The maximum Gasteiger partial charge on any atom is 0.213 e. The Morgan fingerprint density at radius 3 is 2.71 bits per heavy atom. The van der Waals surface area contributed by atoms with E-state index in [9.17, 15) is 0 Å². The zero-order chi connectivity index (χ0) is 12.1. The van der Waals surface area contributed by atoms with Crippen LogP contribution in [-0.2, 0) is 13.2 Å². The molecule has 0 amide bonds. The molecule has 17 heavy (non-hydrogen) atoms. The molecule has 1 heterocycles. The molecule has 0 radical (unpaired) electrons. The lowest BCUT2D eigenvalue weighted by atomic mass is 10.2. The monoisotopic (exact) mass is 249 g/mol. The molecule has 3 nitrogen and oxygen atoms in total. The van der Waals surface area contributed by atoms with E-state index in [0.29, 0.717) is 17.5 Å². The quantitative estimate of drug-likeness (QED) is 0.906. The molecule has 0 fully saturated rings. The molecule has 4 heteroatoms. The van der Waals surface area contributed by atoms with Gasteiger partial charge in [0.1, 0.15) is 6.61 Å². The van der Waals surface area contributed by atoms with Gasteiger partial charge in [0, 0.05) is 17.3 Å². The van der Waals surface area contributed by atoms with Crippen molar-refractivity contribution in [3.05, 3.63) is 58.7 Å². The first-order valence-electron chi connectivity index (χ1n) is 5.21. The summed E-state index contributed by atoms with van der Waals surface area (Å²) in [5.41, 5.74) is 1.76. The molecule has 0 aliphatic carbocycles.